The van der Waals surface area contributed by atoms with Gasteiger partial charge in [0.15, 0.2) is 11.1 Å². The monoisotopic (exact) mass is 492 g/mol. The molecule has 1 saturated heterocycles. The van der Waals surface area contributed by atoms with E-state index in [1.807, 2.05) is 11.6 Å². The lowest BCUT2D eigenvalue weighted by molar-refractivity contribution is 0.175. The molecule has 148 valence electrons. The van der Waals surface area contributed by atoms with Crippen molar-refractivity contribution in [1.29, 1.82) is 0 Å². The first-order valence-corrected chi connectivity index (χ1v) is 10.4. The minimum atomic E-state index is 0. The van der Waals surface area contributed by atoms with Crippen LogP contribution in [-0.4, -0.2) is 73.6 Å². The van der Waals surface area contributed by atoms with Gasteiger partial charge in [0.1, 0.15) is 0 Å². The number of nitrogens with zero attached hydrogens (tertiary/aromatic N) is 5. The van der Waals surface area contributed by atoms with E-state index in [1.165, 1.54) is 32.1 Å². The molecular weight excluding hydrogens is 459 g/mol. The summed E-state index contributed by atoms with van der Waals surface area (Å²) in [5, 5.41) is 3.14. The zero-order chi connectivity index (χ0) is 17.6. The third-order valence-electron chi connectivity index (χ3n) is 5.59. The van der Waals surface area contributed by atoms with Crippen LogP contribution in [-0.2, 0) is 0 Å². The maximum absolute atomic E-state index is 6.32. The Morgan fingerprint density at radius 2 is 1.96 bits per heavy atom. The van der Waals surface area contributed by atoms with Gasteiger partial charge in [-0.05, 0) is 32.9 Å². The highest BCUT2D eigenvalue weighted by molar-refractivity contribution is 14.0. The number of halogens is 1. The van der Waals surface area contributed by atoms with Gasteiger partial charge in [-0.15, -0.1) is 35.3 Å². The second-order valence-corrected chi connectivity index (χ2v) is 8.29. The van der Waals surface area contributed by atoms with Gasteiger partial charge in [-0.2, -0.15) is 0 Å². The highest BCUT2D eigenvalue weighted by atomic mass is 127. The summed E-state index contributed by atoms with van der Waals surface area (Å²) < 4.78 is 0. The molecule has 2 N–H and O–H groups in total. The third-order valence-corrected chi connectivity index (χ3v) is 6.42. The molecule has 1 aliphatic carbocycles. The van der Waals surface area contributed by atoms with E-state index in [0.29, 0.717) is 12.0 Å². The molecule has 2 heterocycles. The number of guanidine groups is 1. The number of hydrogen-bond acceptors (Lipinski definition) is 5. The van der Waals surface area contributed by atoms with Gasteiger partial charge in [-0.25, -0.2) is 4.98 Å². The first kappa shape index (κ1) is 21.7. The molecule has 1 aromatic heterocycles. The van der Waals surface area contributed by atoms with Crippen molar-refractivity contribution in [3.05, 3.63) is 11.6 Å². The van der Waals surface area contributed by atoms with Crippen LogP contribution in [0.5, 0.6) is 0 Å². The first-order valence-electron chi connectivity index (χ1n) is 9.51. The van der Waals surface area contributed by atoms with Crippen LogP contribution >= 0.6 is 35.3 Å². The highest BCUT2D eigenvalue weighted by Crippen LogP contribution is 2.28. The summed E-state index contributed by atoms with van der Waals surface area (Å²) >= 11 is 1.70. The van der Waals surface area contributed by atoms with E-state index in [0.717, 1.165) is 43.8 Å². The molecule has 2 fully saturated rings. The Morgan fingerprint density at radius 3 is 2.54 bits per heavy atom. The lowest BCUT2D eigenvalue weighted by Gasteiger charge is -2.36. The average molecular weight is 492 g/mol. The fourth-order valence-electron chi connectivity index (χ4n) is 4.04. The third kappa shape index (κ3) is 5.69. The summed E-state index contributed by atoms with van der Waals surface area (Å²) in [5.74, 6) is 1.48. The molecule has 6 nitrogen and oxygen atoms in total. The Hall–Kier alpha value is -0.610. The van der Waals surface area contributed by atoms with Gasteiger partial charge in [0.25, 0.3) is 0 Å². The smallest absolute Gasteiger partial charge is 0.191 e. The van der Waals surface area contributed by atoms with Crippen LogP contribution in [0.1, 0.15) is 32.1 Å². The van der Waals surface area contributed by atoms with E-state index in [2.05, 4.69) is 33.8 Å². The van der Waals surface area contributed by atoms with Gasteiger partial charge in [-0.1, -0.05) is 19.3 Å². The number of anilines is 1. The second-order valence-electron chi connectivity index (χ2n) is 7.42. The van der Waals surface area contributed by atoms with Gasteiger partial charge in [0.2, 0.25) is 0 Å². The minimum absolute atomic E-state index is 0. The van der Waals surface area contributed by atoms with Crippen molar-refractivity contribution in [3.63, 3.8) is 0 Å². The predicted molar refractivity (Wildman–Crippen MR) is 122 cm³/mol. The van der Waals surface area contributed by atoms with Crippen molar-refractivity contribution in [1.82, 2.24) is 14.8 Å². The van der Waals surface area contributed by atoms with Crippen LogP contribution in [0, 0.1) is 5.92 Å². The van der Waals surface area contributed by atoms with E-state index >= 15 is 0 Å². The van der Waals surface area contributed by atoms with Crippen LogP contribution in [0.2, 0.25) is 0 Å². The van der Waals surface area contributed by atoms with Crippen molar-refractivity contribution in [2.45, 2.75) is 38.1 Å². The standard InChI is InChI=1S/C18H32N6S.HI/c1-22(2)16(15-6-4-3-5-7-15)14-21-17(19)23-9-11-24(12-10-23)18-20-8-13-25-18;/h8,13,15-16H,3-7,9-12,14H2,1-2H3,(H2,19,21);1H. The molecule has 1 atom stereocenters. The van der Waals surface area contributed by atoms with Gasteiger partial charge < -0.3 is 20.4 Å². The zero-order valence-corrected chi connectivity index (χ0v) is 19.2. The number of rotatable bonds is 5. The van der Waals surface area contributed by atoms with Gasteiger partial charge in [0.05, 0.1) is 6.54 Å². The number of likely N-dealkylation sites (N-methyl/N-ethyl adjacent to an activating group) is 1. The Kier molecular flexibility index (Phi) is 8.89. The fourth-order valence-corrected chi connectivity index (χ4v) is 4.74. The minimum Gasteiger partial charge on any atom is -0.370 e. The van der Waals surface area contributed by atoms with Gasteiger partial charge >= 0.3 is 0 Å². The molecule has 1 aromatic rings. The van der Waals surface area contributed by atoms with Crippen LogP contribution in [0.3, 0.4) is 0 Å². The lowest BCUT2D eigenvalue weighted by Crippen LogP contribution is -2.51. The number of hydrogen-bond donors (Lipinski definition) is 1. The molecule has 0 aromatic carbocycles. The van der Waals surface area contributed by atoms with Crippen LogP contribution in [0.25, 0.3) is 0 Å². The highest BCUT2D eigenvalue weighted by Gasteiger charge is 2.26. The molecule has 0 bridgehead atoms. The van der Waals surface area contributed by atoms with Crippen molar-refractivity contribution >= 4 is 46.4 Å². The van der Waals surface area contributed by atoms with Crippen molar-refractivity contribution in [2.75, 3.05) is 51.7 Å². The Morgan fingerprint density at radius 1 is 1.27 bits per heavy atom. The lowest BCUT2D eigenvalue weighted by atomic mass is 9.83. The molecule has 26 heavy (non-hydrogen) atoms. The fraction of sp³-hybridized carbons (Fsp3) is 0.778. The summed E-state index contributed by atoms with van der Waals surface area (Å²) in [6.07, 6.45) is 8.68. The first-order chi connectivity index (χ1) is 12.1. The summed E-state index contributed by atoms with van der Waals surface area (Å²) in [5.41, 5.74) is 6.32. The van der Waals surface area contributed by atoms with Crippen LogP contribution in [0.4, 0.5) is 5.13 Å². The van der Waals surface area contributed by atoms with E-state index in [4.69, 9.17) is 10.7 Å². The summed E-state index contributed by atoms with van der Waals surface area (Å²) in [4.78, 5) is 16.1. The molecule has 0 spiro atoms. The molecule has 1 unspecified atom stereocenters. The van der Waals surface area contributed by atoms with E-state index in [9.17, 15) is 0 Å². The number of nitrogens with two attached hydrogens (primary N) is 1. The molecule has 0 radical (unpaired) electrons. The molecule has 3 rings (SSSR count). The Labute approximate surface area is 178 Å². The van der Waals surface area contributed by atoms with E-state index in [1.54, 1.807) is 11.3 Å². The van der Waals surface area contributed by atoms with Crippen molar-refractivity contribution in [3.8, 4) is 0 Å². The topological polar surface area (TPSA) is 61.0 Å². The maximum Gasteiger partial charge on any atom is 0.191 e. The quantitative estimate of drug-likeness (QED) is 0.389. The number of piperazine rings is 1. The predicted octanol–water partition coefficient (Wildman–Crippen LogP) is 2.71. The van der Waals surface area contributed by atoms with Crippen LogP contribution < -0.4 is 10.6 Å². The van der Waals surface area contributed by atoms with Gasteiger partial charge in [0, 0.05) is 43.8 Å². The second kappa shape index (κ2) is 10.7. The van der Waals surface area contributed by atoms with Gasteiger partial charge in [-0.3, -0.25) is 4.99 Å². The number of aromatic nitrogens is 1. The van der Waals surface area contributed by atoms with Crippen molar-refractivity contribution in [2.24, 2.45) is 16.6 Å². The SMILES string of the molecule is CN(C)C(CN=C(N)N1CCN(c2nccs2)CC1)C1CCCCC1.I. The Balaban J connectivity index is 0.00000243. The average Bonchev–Trinajstić information content (AvgIpc) is 3.17. The summed E-state index contributed by atoms with van der Waals surface area (Å²) in [7, 11) is 4.36. The summed E-state index contributed by atoms with van der Waals surface area (Å²) in [6.45, 7) is 4.58. The van der Waals surface area contributed by atoms with E-state index < -0.39 is 0 Å². The normalized spacial score (nSPS) is 21.0. The molecule has 1 saturated carbocycles. The molecule has 8 heteroatoms. The largest absolute Gasteiger partial charge is 0.370 e. The molecular formula is C18H33IN6S. The molecule has 0 amide bonds. The maximum atomic E-state index is 6.32. The van der Waals surface area contributed by atoms with Crippen molar-refractivity contribution < 1.29 is 0 Å². The van der Waals surface area contributed by atoms with E-state index in [-0.39, 0.29) is 24.0 Å². The summed E-state index contributed by atoms with van der Waals surface area (Å²) in [6, 6.07) is 0.510. The number of thiazole rings is 1. The molecule has 2 aliphatic rings. The van der Waals surface area contributed by atoms with Crippen LogP contribution in [0.15, 0.2) is 16.6 Å². The number of aliphatic imine (C=N–C) groups is 1. The molecule has 1 aliphatic heterocycles. The zero-order valence-electron chi connectivity index (χ0n) is 16.0. The Bertz CT molecular complexity index is 536.